The van der Waals surface area contributed by atoms with Crippen LogP contribution >= 0.6 is 23.2 Å². The van der Waals surface area contributed by atoms with Crippen LogP contribution in [0.4, 0.5) is 10.1 Å². The average Bonchev–Trinajstić information content (AvgIpc) is 2.86. The number of carbonyl (C=O) groups is 2. The van der Waals surface area contributed by atoms with Gasteiger partial charge in [0.15, 0.2) is 0 Å². The Bertz CT molecular complexity index is 1240. The fourth-order valence-corrected chi connectivity index (χ4v) is 4.16. The summed E-state index contributed by atoms with van der Waals surface area (Å²) in [5.74, 6) is -1.11. The molecule has 3 rings (SSSR count). The molecule has 37 heavy (non-hydrogen) atoms. The van der Waals surface area contributed by atoms with E-state index in [4.69, 9.17) is 33.0 Å². The predicted molar refractivity (Wildman–Crippen MR) is 145 cm³/mol. The highest BCUT2D eigenvalue weighted by Gasteiger charge is 2.18. The number of aliphatic carboxylic acids is 1. The van der Waals surface area contributed by atoms with Crippen LogP contribution in [0.2, 0.25) is 10.0 Å². The van der Waals surface area contributed by atoms with E-state index in [9.17, 15) is 14.0 Å². The molecule has 0 aliphatic rings. The summed E-state index contributed by atoms with van der Waals surface area (Å²) in [5.41, 5.74) is 2.14. The quantitative estimate of drug-likeness (QED) is 0.229. The third-order valence-corrected chi connectivity index (χ3v) is 6.59. The maximum absolute atomic E-state index is 14.9. The van der Waals surface area contributed by atoms with E-state index in [0.717, 1.165) is 12.1 Å². The van der Waals surface area contributed by atoms with Crippen molar-refractivity contribution in [2.75, 3.05) is 18.5 Å². The van der Waals surface area contributed by atoms with Crippen molar-refractivity contribution in [3.63, 3.8) is 0 Å². The molecule has 0 heterocycles. The van der Waals surface area contributed by atoms with Gasteiger partial charge >= 0.3 is 5.97 Å². The van der Waals surface area contributed by atoms with Gasteiger partial charge in [0.2, 0.25) is 0 Å². The van der Waals surface area contributed by atoms with Crippen molar-refractivity contribution in [1.82, 2.24) is 5.32 Å². The molecule has 9 heteroatoms. The monoisotopic (exact) mass is 546 g/mol. The molecule has 0 bridgehead atoms. The van der Waals surface area contributed by atoms with Gasteiger partial charge < -0.3 is 20.5 Å². The van der Waals surface area contributed by atoms with Crippen LogP contribution in [0, 0.1) is 11.7 Å². The Morgan fingerprint density at radius 3 is 2.35 bits per heavy atom. The minimum Gasteiger partial charge on any atom is -0.491 e. The van der Waals surface area contributed by atoms with E-state index in [2.05, 4.69) is 24.5 Å². The number of amides is 1. The molecular formula is C28H29Cl2FN2O4. The summed E-state index contributed by atoms with van der Waals surface area (Å²) in [6.07, 6.45) is 0.761. The fourth-order valence-electron chi connectivity index (χ4n) is 3.65. The van der Waals surface area contributed by atoms with Gasteiger partial charge in [0.1, 0.15) is 18.2 Å². The summed E-state index contributed by atoms with van der Waals surface area (Å²) in [6, 6.07) is 16.4. The van der Waals surface area contributed by atoms with E-state index in [1.165, 1.54) is 6.07 Å². The smallest absolute Gasteiger partial charge is 0.305 e. The second kappa shape index (κ2) is 13.3. The molecule has 0 fully saturated rings. The standard InChI is InChI=1S/C28H29Cl2FN2O4/c1-3-17(2)26(33-20-7-4-18(5-8-20)28(36)32-13-12-27(34)35)16-37-21-9-11-23(25(31)15-21)22-10-6-19(29)14-24(22)30/h4-11,14-15,17,26,33H,3,12-13,16H2,1-2H3,(H,32,36)(H,34,35). The lowest BCUT2D eigenvalue weighted by atomic mass is 9.99. The first-order chi connectivity index (χ1) is 17.7. The molecule has 3 aromatic rings. The first kappa shape index (κ1) is 28.3. The van der Waals surface area contributed by atoms with Gasteiger partial charge in [-0.25, -0.2) is 4.39 Å². The van der Waals surface area contributed by atoms with E-state index in [0.29, 0.717) is 39.1 Å². The molecule has 0 aliphatic carbocycles. The second-order valence-corrected chi connectivity index (χ2v) is 9.53. The molecule has 0 spiro atoms. The van der Waals surface area contributed by atoms with Crippen molar-refractivity contribution in [1.29, 1.82) is 0 Å². The predicted octanol–water partition coefficient (Wildman–Crippen LogP) is 6.91. The summed E-state index contributed by atoms with van der Waals surface area (Å²) >= 11 is 12.2. The highest BCUT2D eigenvalue weighted by molar-refractivity contribution is 6.36. The van der Waals surface area contributed by atoms with Crippen LogP contribution in [0.5, 0.6) is 5.75 Å². The lowest BCUT2D eigenvalue weighted by Gasteiger charge is -2.26. The highest BCUT2D eigenvalue weighted by Crippen LogP contribution is 2.33. The zero-order valence-electron chi connectivity index (χ0n) is 20.6. The van der Waals surface area contributed by atoms with Gasteiger partial charge in [-0.2, -0.15) is 0 Å². The molecule has 3 aromatic carbocycles. The van der Waals surface area contributed by atoms with E-state index in [1.54, 1.807) is 54.6 Å². The van der Waals surface area contributed by atoms with Crippen LogP contribution in [-0.2, 0) is 4.79 Å². The van der Waals surface area contributed by atoms with Crippen LogP contribution in [0.25, 0.3) is 11.1 Å². The number of halogens is 3. The van der Waals surface area contributed by atoms with E-state index < -0.39 is 11.8 Å². The molecule has 6 nitrogen and oxygen atoms in total. The third kappa shape index (κ3) is 8.10. The molecular weight excluding hydrogens is 518 g/mol. The number of nitrogens with one attached hydrogen (secondary N) is 2. The zero-order valence-corrected chi connectivity index (χ0v) is 22.1. The number of carboxylic acid groups (broad SMARTS) is 1. The molecule has 0 aliphatic heterocycles. The maximum Gasteiger partial charge on any atom is 0.305 e. The normalized spacial score (nSPS) is 12.5. The van der Waals surface area contributed by atoms with Crippen molar-refractivity contribution in [3.8, 4) is 16.9 Å². The zero-order chi connectivity index (χ0) is 26.9. The van der Waals surface area contributed by atoms with Gasteiger partial charge in [-0.3, -0.25) is 9.59 Å². The first-order valence-electron chi connectivity index (χ1n) is 11.9. The van der Waals surface area contributed by atoms with Crippen molar-refractivity contribution in [2.45, 2.75) is 32.7 Å². The van der Waals surface area contributed by atoms with Crippen LogP contribution in [0.15, 0.2) is 60.7 Å². The Morgan fingerprint density at radius 2 is 1.73 bits per heavy atom. The second-order valence-electron chi connectivity index (χ2n) is 8.69. The SMILES string of the molecule is CCC(C)C(COc1ccc(-c2ccc(Cl)cc2Cl)c(F)c1)Nc1ccc(C(=O)NCCC(=O)O)cc1. The topological polar surface area (TPSA) is 87.7 Å². The van der Waals surface area contributed by atoms with Crippen LogP contribution in [0.3, 0.4) is 0 Å². The largest absolute Gasteiger partial charge is 0.491 e. The van der Waals surface area contributed by atoms with Crippen molar-refractivity contribution in [3.05, 3.63) is 82.1 Å². The highest BCUT2D eigenvalue weighted by atomic mass is 35.5. The lowest BCUT2D eigenvalue weighted by molar-refractivity contribution is -0.136. The van der Waals surface area contributed by atoms with Gasteiger partial charge in [0, 0.05) is 45.0 Å². The Balaban J connectivity index is 1.64. The third-order valence-electron chi connectivity index (χ3n) is 6.05. The van der Waals surface area contributed by atoms with Gasteiger partial charge in [0.05, 0.1) is 12.5 Å². The number of carbonyl (C=O) groups excluding carboxylic acids is 1. The van der Waals surface area contributed by atoms with E-state index in [1.807, 2.05) is 0 Å². The van der Waals surface area contributed by atoms with Gasteiger partial charge in [-0.15, -0.1) is 0 Å². The summed E-state index contributed by atoms with van der Waals surface area (Å²) in [6.45, 7) is 4.54. The number of carboxylic acids is 1. The summed E-state index contributed by atoms with van der Waals surface area (Å²) < 4.78 is 20.8. The van der Waals surface area contributed by atoms with E-state index in [-0.39, 0.29) is 30.8 Å². The molecule has 196 valence electrons. The molecule has 2 atom stereocenters. The first-order valence-corrected chi connectivity index (χ1v) is 12.7. The van der Waals surface area contributed by atoms with Crippen LogP contribution in [-0.4, -0.2) is 36.2 Å². The fraction of sp³-hybridized carbons (Fsp3) is 0.286. The van der Waals surface area contributed by atoms with Gasteiger partial charge in [0.25, 0.3) is 5.91 Å². The maximum atomic E-state index is 14.9. The van der Waals surface area contributed by atoms with Crippen LogP contribution in [0.1, 0.15) is 37.0 Å². The Kier molecular flexibility index (Phi) is 10.2. The van der Waals surface area contributed by atoms with Crippen molar-refractivity contribution >= 4 is 40.8 Å². The minimum absolute atomic E-state index is 0.0654. The lowest BCUT2D eigenvalue weighted by Crippen LogP contribution is -2.33. The van der Waals surface area contributed by atoms with Gasteiger partial charge in [-0.1, -0.05) is 49.5 Å². The number of ether oxygens (including phenoxy) is 1. The van der Waals surface area contributed by atoms with Gasteiger partial charge in [-0.05, 0) is 54.4 Å². The molecule has 1 amide bonds. The average molecular weight is 547 g/mol. The molecule has 2 unspecified atom stereocenters. The summed E-state index contributed by atoms with van der Waals surface area (Å²) in [4.78, 5) is 22.8. The molecule has 0 radical (unpaired) electrons. The number of rotatable bonds is 12. The van der Waals surface area contributed by atoms with Crippen molar-refractivity contribution < 1.29 is 23.8 Å². The summed E-state index contributed by atoms with van der Waals surface area (Å²) in [7, 11) is 0. The molecule has 0 aromatic heterocycles. The van der Waals surface area contributed by atoms with Crippen molar-refractivity contribution in [2.24, 2.45) is 5.92 Å². The Labute approximate surface area is 225 Å². The Morgan fingerprint density at radius 1 is 1.03 bits per heavy atom. The molecule has 0 saturated carbocycles. The Hall–Kier alpha value is -3.29. The summed E-state index contributed by atoms with van der Waals surface area (Å²) in [5, 5.41) is 15.5. The number of hydrogen-bond acceptors (Lipinski definition) is 4. The molecule has 0 saturated heterocycles. The van der Waals surface area contributed by atoms with Crippen LogP contribution < -0.4 is 15.4 Å². The number of benzene rings is 3. The minimum atomic E-state index is -0.970. The number of hydrogen-bond donors (Lipinski definition) is 3. The molecule has 3 N–H and O–H groups in total. The number of anilines is 1. The van der Waals surface area contributed by atoms with E-state index >= 15 is 0 Å².